The summed E-state index contributed by atoms with van der Waals surface area (Å²) in [6.07, 6.45) is 6.48. The molecule has 0 bridgehead atoms. The molecule has 0 amide bonds. The number of aromatic nitrogens is 2. The third kappa shape index (κ3) is 2.46. The predicted molar refractivity (Wildman–Crippen MR) is 92.9 cm³/mol. The molecule has 0 spiro atoms. The largest absolute Gasteiger partial charge is 0.486 e. The van der Waals surface area contributed by atoms with E-state index < -0.39 is 0 Å². The number of hydrogen-bond acceptors (Lipinski definition) is 4. The van der Waals surface area contributed by atoms with Crippen LogP contribution >= 0.6 is 0 Å². The molecular weight excluding hydrogens is 302 g/mol. The molecule has 1 unspecified atom stereocenters. The molecule has 3 aliphatic rings. The molecular formula is C19H25N3O2. The highest BCUT2D eigenvalue weighted by Gasteiger charge is 2.28. The molecule has 1 aromatic heterocycles. The maximum absolute atomic E-state index is 5.81. The van der Waals surface area contributed by atoms with Crippen LogP contribution in [0.4, 0.5) is 0 Å². The Morgan fingerprint density at radius 1 is 1.08 bits per heavy atom. The van der Waals surface area contributed by atoms with E-state index in [1.165, 1.54) is 43.4 Å². The maximum Gasteiger partial charge on any atom is 0.163 e. The van der Waals surface area contributed by atoms with E-state index in [9.17, 15) is 0 Å². The minimum atomic E-state index is 0.627. The van der Waals surface area contributed by atoms with E-state index in [1.807, 2.05) is 0 Å². The SMILES string of the molecule is c1c2c(cc3c1nc(C1CCC1)n3CC1CCCNC1)OCCO2. The molecule has 1 N–H and O–H groups in total. The van der Waals surface area contributed by atoms with Crippen molar-refractivity contribution in [3.05, 3.63) is 18.0 Å². The summed E-state index contributed by atoms with van der Waals surface area (Å²) < 4.78 is 14.0. The summed E-state index contributed by atoms with van der Waals surface area (Å²) in [6.45, 7) is 4.61. The molecule has 1 saturated heterocycles. The smallest absolute Gasteiger partial charge is 0.163 e. The van der Waals surface area contributed by atoms with Crippen molar-refractivity contribution in [2.45, 2.75) is 44.6 Å². The van der Waals surface area contributed by atoms with Gasteiger partial charge in [-0.05, 0) is 44.7 Å². The highest BCUT2D eigenvalue weighted by molar-refractivity contribution is 5.81. The molecule has 3 heterocycles. The number of imidazole rings is 1. The lowest BCUT2D eigenvalue weighted by molar-refractivity contribution is 0.172. The third-order valence-corrected chi connectivity index (χ3v) is 5.75. The number of benzene rings is 1. The molecule has 128 valence electrons. The topological polar surface area (TPSA) is 48.3 Å². The highest BCUT2D eigenvalue weighted by atomic mass is 16.6. The Labute approximate surface area is 142 Å². The van der Waals surface area contributed by atoms with Gasteiger partial charge in [-0.3, -0.25) is 0 Å². The van der Waals surface area contributed by atoms with Gasteiger partial charge in [-0.15, -0.1) is 0 Å². The molecule has 5 rings (SSSR count). The normalized spacial score (nSPS) is 24.1. The van der Waals surface area contributed by atoms with Gasteiger partial charge in [0.05, 0.1) is 11.0 Å². The number of nitrogens with zero attached hydrogens (tertiary/aromatic N) is 2. The Morgan fingerprint density at radius 2 is 1.92 bits per heavy atom. The fourth-order valence-electron chi connectivity index (χ4n) is 4.19. The van der Waals surface area contributed by atoms with Gasteiger partial charge in [-0.1, -0.05) is 6.42 Å². The van der Waals surface area contributed by atoms with Crippen molar-refractivity contribution < 1.29 is 9.47 Å². The van der Waals surface area contributed by atoms with E-state index in [0.717, 1.165) is 36.6 Å². The Balaban J connectivity index is 1.57. The molecule has 2 fully saturated rings. The Morgan fingerprint density at radius 3 is 2.62 bits per heavy atom. The van der Waals surface area contributed by atoms with Gasteiger partial charge in [-0.25, -0.2) is 4.98 Å². The number of fused-ring (bicyclic) bond motifs is 2. The minimum absolute atomic E-state index is 0.627. The van der Waals surface area contributed by atoms with E-state index in [4.69, 9.17) is 14.5 Å². The first kappa shape index (κ1) is 14.6. The Bertz CT molecular complexity index is 745. The molecule has 5 nitrogen and oxygen atoms in total. The highest BCUT2D eigenvalue weighted by Crippen LogP contribution is 2.40. The molecule has 0 radical (unpaired) electrons. The molecule has 1 saturated carbocycles. The maximum atomic E-state index is 5.81. The van der Waals surface area contributed by atoms with Crippen molar-refractivity contribution in [3.63, 3.8) is 0 Å². The van der Waals surface area contributed by atoms with Crippen LogP contribution in [0.25, 0.3) is 11.0 Å². The molecule has 1 aliphatic carbocycles. The summed E-state index contributed by atoms with van der Waals surface area (Å²) in [5.74, 6) is 4.33. The summed E-state index contributed by atoms with van der Waals surface area (Å²) >= 11 is 0. The first-order valence-electron chi connectivity index (χ1n) is 9.39. The van der Waals surface area contributed by atoms with Gasteiger partial charge < -0.3 is 19.4 Å². The molecule has 1 atom stereocenters. The van der Waals surface area contributed by atoms with Crippen LogP contribution in [0.3, 0.4) is 0 Å². The number of ether oxygens (including phenoxy) is 2. The van der Waals surface area contributed by atoms with Gasteiger partial charge in [0.15, 0.2) is 11.5 Å². The lowest BCUT2D eigenvalue weighted by Gasteiger charge is -2.29. The molecule has 24 heavy (non-hydrogen) atoms. The van der Waals surface area contributed by atoms with Gasteiger partial charge in [-0.2, -0.15) is 0 Å². The zero-order valence-corrected chi connectivity index (χ0v) is 14.1. The second-order valence-corrected chi connectivity index (χ2v) is 7.41. The van der Waals surface area contributed by atoms with Gasteiger partial charge in [0, 0.05) is 24.6 Å². The monoisotopic (exact) mass is 327 g/mol. The van der Waals surface area contributed by atoms with Gasteiger partial charge >= 0.3 is 0 Å². The van der Waals surface area contributed by atoms with Crippen molar-refractivity contribution in [2.75, 3.05) is 26.3 Å². The second-order valence-electron chi connectivity index (χ2n) is 7.41. The van der Waals surface area contributed by atoms with E-state index in [1.54, 1.807) is 0 Å². The fraction of sp³-hybridized carbons (Fsp3) is 0.632. The van der Waals surface area contributed by atoms with Gasteiger partial charge in [0.1, 0.15) is 19.0 Å². The van der Waals surface area contributed by atoms with E-state index in [-0.39, 0.29) is 0 Å². The summed E-state index contributed by atoms with van der Waals surface area (Å²) in [7, 11) is 0. The first-order valence-corrected chi connectivity index (χ1v) is 9.39. The number of hydrogen-bond donors (Lipinski definition) is 1. The van der Waals surface area contributed by atoms with E-state index in [2.05, 4.69) is 22.0 Å². The van der Waals surface area contributed by atoms with Gasteiger partial charge in [0.2, 0.25) is 0 Å². The van der Waals surface area contributed by atoms with Crippen LogP contribution < -0.4 is 14.8 Å². The second kappa shape index (κ2) is 5.96. The summed E-state index contributed by atoms with van der Waals surface area (Å²) in [5.41, 5.74) is 2.27. The summed E-state index contributed by atoms with van der Waals surface area (Å²) in [5, 5.41) is 3.54. The predicted octanol–water partition coefficient (Wildman–Crippen LogP) is 3.07. The average molecular weight is 327 g/mol. The lowest BCUT2D eigenvalue weighted by Crippen LogP contribution is -2.32. The number of piperidine rings is 1. The summed E-state index contributed by atoms with van der Waals surface area (Å²) in [4.78, 5) is 5.02. The number of nitrogens with one attached hydrogen (secondary N) is 1. The van der Waals surface area contributed by atoms with Crippen LogP contribution in [0.2, 0.25) is 0 Å². The number of rotatable bonds is 3. The van der Waals surface area contributed by atoms with Crippen molar-refractivity contribution in [1.82, 2.24) is 14.9 Å². The molecule has 2 aromatic rings. The van der Waals surface area contributed by atoms with Crippen LogP contribution in [0.5, 0.6) is 11.5 Å². The van der Waals surface area contributed by atoms with Crippen LogP contribution in [-0.2, 0) is 6.54 Å². The Kier molecular flexibility index (Phi) is 3.62. The van der Waals surface area contributed by atoms with Crippen molar-refractivity contribution in [1.29, 1.82) is 0 Å². The third-order valence-electron chi connectivity index (χ3n) is 5.75. The minimum Gasteiger partial charge on any atom is -0.486 e. The average Bonchev–Trinajstić information content (AvgIpc) is 2.89. The van der Waals surface area contributed by atoms with Crippen LogP contribution in [-0.4, -0.2) is 35.9 Å². The molecule has 2 aliphatic heterocycles. The molecule has 5 heteroatoms. The van der Waals surface area contributed by atoms with E-state index in [0.29, 0.717) is 25.0 Å². The van der Waals surface area contributed by atoms with Crippen LogP contribution in [0.1, 0.15) is 43.8 Å². The fourth-order valence-corrected chi connectivity index (χ4v) is 4.19. The van der Waals surface area contributed by atoms with Crippen LogP contribution in [0, 0.1) is 5.92 Å². The van der Waals surface area contributed by atoms with Crippen LogP contribution in [0.15, 0.2) is 12.1 Å². The zero-order valence-electron chi connectivity index (χ0n) is 14.1. The zero-order chi connectivity index (χ0) is 15.9. The van der Waals surface area contributed by atoms with Crippen molar-refractivity contribution in [2.24, 2.45) is 5.92 Å². The lowest BCUT2D eigenvalue weighted by atomic mass is 9.84. The quantitative estimate of drug-likeness (QED) is 0.941. The Hall–Kier alpha value is -1.75. The standard InChI is InChI=1S/C19H25N3O2/c1-4-14(5-1)19-21-15-9-17-18(24-8-7-23-17)10-16(15)22(19)12-13-3-2-6-20-11-13/h9-10,13-14,20H,1-8,11-12H2. The summed E-state index contributed by atoms with van der Waals surface area (Å²) in [6, 6.07) is 4.22. The van der Waals surface area contributed by atoms with Crippen molar-refractivity contribution >= 4 is 11.0 Å². The van der Waals surface area contributed by atoms with Crippen molar-refractivity contribution in [3.8, 4) is 11.5 Å². The first-order chi connectivity index (χ1) is 11.9. The van der Waals surface area contributed by atoms with E-state index >= 15 is 0 Å². The van der Waals surface area contributed by atoms with Gasteiger partial charge in [0.25, 0.3) is 0 Å². The molecule has 1 aromatic carbocycles.